The van der Waals surface area contributed by atoms with Crippen LogP contribution < -0.4 is 10.1 Å². The number of aliphatic imine (C=N–C) groups is 1. The van der Waals surface area contributed by atoms with Crippen LogP contribution in [0.3, 0.4) is 0 Å². The van der Waals surface area contributed by atoms with Crippen molar-refractivity contribution in [3.8, 4) is 5.75 Å². The lowest BCUT2D eigenvalue weighted by Gasteiger charge is -2.32. The summed E-state index contributed by atoms with van der Waals surface area (Å²) in [7, 11) is 0. The number of anilines is 1. The van der Waals surface area contributed by atoms with E-state index in [0.29, 0.717) is 29.8 Å². The van der Waals surface area contributed by atoms with Gasteiger partial charge in [0.25, 0.3) is 0 Å². The number of nitrogens with one attached hydrogen (secondary N) is 1. The predicted molar refractivity (Wildman–Crippen MR) is 136 cm³/mol. The standard InChI is InChI=1S/C26H33N3O3S/c1-3-5-6-7-11-17-29-24(30)19-23(33-26(29)28-20-13-9-8-10-14-20)25(31)27-21-15-12-16-22(18-21)32-4-2/h8-10,12-16,18,23H,3-7,11,17,19H2,1-2H3,(H,27,31). The van der Waals surface area contributed by atoms with Crippen LogP contribution in [0.5, 0.6) is 5.75 Å². The van der Waals surface area contributed by atoms with Gasteiger partial charge in [0, 0.05) is 24.7 Å². The molecule has 6 nitrogen and oxygen atoms in total. The van der Waals surface area contributed by atoms with Gasteiger partial charge in [0.1, 0.15) is 11.0 Å². The van der Waals surface area contributed by atoms with Gasteiger partial charge in [0.2, 0.25) is 11.8 Å². The highest BCUT2D eigenvalue weighted by Gasteiger charge is 2.35. The van der Waals surface area contributed by atoms with Gasteiger partial charge in [0.05, 0.1) is 12.3 Å². The molecule has 3 rings (SSSR count). The summed E-state index contributed by atoms with van der Waals surface area (Å²) in [5.41, 5.74) is 1.42. The van der Waals surface area contributed by atoms with Crippen LogP contribution in [0.1, 0.15) is 52.4 Å². The van der Waals surface area contributed by atoms with Crippen molar-refractivity contribution >= 4 is 40.1 Å². The molecule has 176 valence electrons. The number of amidine groups is 1. The molecule has 1 heterocycles. The summed E-state index contributed by atoms with van der Waals surface area (Å²) in [4.78, 5) is 32.6. The highest BCUT2D eigenvalue weighted by atomic mass is 32.2. The van der Waals surface area contributed by atoms with E-state index in [-0.39, 0.29) is 18.2 Å². The molecule has 0 aromatic heterocycles. The van der Waals surface area contributed by atoms with Gasteiger partial charge >= 0.3 is 0 Å². The number of ether oxygens (including phenoxy) is 1. The molecule has 0 bridgehead atoms. The zero-order valence-electron chi connectivity index (χ0n) is 19.5. The highest BCUT2D eigenvalue weighted by molar-refractivity contribution is 8.15. The molecule has 1 N–H and O–H groups in total. The third kappa shape index (κ3) is 7.63. The minimum Gasteiger partial charge on any atom is -0.494 e. The van der Waals surface area contributed by atoms with Crippen molar-refractivity contribution in [1.82, 2.24) is 4.90 Å². The van der Waals surface area contributed by atoms with Crippen molar-refractivity contribution in [1.29, 1.82) is 0 Å². The predicted octanol–water partition coefficient (Wildman–Crippen LogP) is 6.02. The molecule has 1 atom stereocenters. The third-order valence-corrected chi connectivity index (χ3v) is 6.50. The first-order valence-corrected chi connectivity index (χ1v) is 12.6. The molecule has 0 aliphatic carbocycles. The van der Waals surface area contributed by atoms with Crippen molar-refractivity contribution < 1.29 is 14.3 Å². The molecule has 33 heavy (non-hydrogen) atoms. The molecule has 1 aliphatic rings. The Labute approximate surface area is 200 Å². The van der Waals surface area contributed by atoms with Crippen molar-refractivity contribution in [3.63, 3.8) is 0 Å². The lowest BCUT2D eigenvalue weighted by molar-refractivity contribution is -0.129. The Bertz CT molecular complexity index is 949. The van der Waals surface area contributed by atoms with Crippen molar-refractivity contribution in [2.45, 2.75) is 57.6 Å². The number of rotatable bonds is 11. The second-order valence-electron chi connectivity index (χ2n) is 7.95. The average Bonchev–Trinajstić information content (AvgIpc) is 2.81. The van der Waals surface area contributed by atoms with Crippen LogP contribution in [0.25, 0.3) is 0 Å². The van der Waals surface area contributed by atoms with E-state index in [1.165, 1.54) is 31.0 Å². The molecule has 2 aromatic carbocycles. The molecule has 0 saturated carbocycles. The number of amides is 2. The van der Waals surface area contributed by atoms with Crippen molar-refractivity contribution in [2.24, 2.45) is 4.99 Å². The number of nitrogens with zero attached hydrogens (tertiary/aromatic N) is 2. The van der Waals surface area contributed by atoms with Gasteiger partial charge in [-0.2, -0.15) is 0 Å². The summed E-state index contributed by atoms with van der Waals surface area (Å²) in [6, 6.07) is 16.9. The van der Waals surface area contributed by atoms with Crippen LogP contribution in [0.2, 0.25) is 0 Å². The fourth-order valence-electron chi connectivity index (χ4n) is 3.60. The molecule has 0 spiro atoms. The topological polar surface area (TPSA) is 71.0 Å². The van der Waals surface area contributed by atoms with Crippen molar-refractivity contribution in [2.75, 3.05) is 18.5 Å². The van der Waals surface area contributed by atoms with Crippen LogP contribution in [0.15, 0.2) is 59.6 Å². The lowest BCUT2D eigenvalue weighted by Crippen LogP contribution is -2.45. The largest absolute Gasteiger partial charge is 0.494 e. The molecule has 7 heteroatoms. The number of carbonyl (C=O) groups is 2. The molecule has 0 radical (unpaired) electrons. The van der Waals surface area contributed by atoms with Crippen LogP contribution in [-0.2, 0) is 9.59 Å². The quantitative estimate of drug-likeness (QED) is 0.411. The lowest BCUT2D eigenvalue weighted by atomic mass is 10.1. The first kappa shape index (κ1) is 24.8. The van der Waals surface area contributed by atoms with E-state index < -0.39 is 5.25 Å². The number of para-hydroxylation sites is 1. The number of benzene rings is 2. The summed E-state index contributed by atoms with van der Waals surface area (Å²) in [5.74, 6) is 0.441. The normalized spacial score (nSPS) is 17.3. The Hall–Kier alpha value is -2.80. The molecule has 1 saturated heterocycles. The summed E-state index contributed by atoms with van der Waals surface area (Å²) >= 11 is 1.36. The SMILES string of the molecule is CCCCCCCN1C(=O)CC(C(=O)Nc2cccc(OCC)c2)SC1=Nc1ccccc1. The maximum Gasteiger partial charge on any atom is 0.238 e. The van der Waals surface area contributed by atoms with E-state index in [9.17, 15) is 9.59 Å². The van der Waals surface area contributed by atoms with Gasteiger partial charge in [-0.15, -0.1) is 0 Å². The Balaban J connectivity index is 1.72. The van der Waals surface area contributed by atoms with Crippen LogP contribution in [0.4, 0.5) is 11.4 Å². The monoisotopic (exact) mass is 467 g/mol. The molecular weight excluding hydrogens is 434 g/mol. The number of thioether (sulfide) groups is 1. The number of unbranched alkanes of at least 4 members (excludes halogenated alkanes) is 4. The fourth-order valence-corrected chi connectivity index (χ4v) is 4.73. The summed E-state index contributed by atoms with van der Waals surface area (Å²) in [6.07, 6.45) is 5.74. The van der Waals surface area contributed by atoms with E-state index in [1.807, 2.05) is 55.5 Å². The van der Waals surface area contributed by atoms with E-state index in [2.05, 4.69) is 12.2 Å². The number of carbonyl (C=O) groups excluding carboxylic acids is 2. The zero-order chi connectivity index (χ0) is 23.5. The van der Waals surface area contributed by atoms with Crippen LogP contribution in [0, 0.1) is 0 Å². The highest BCUT2D eigenvalue weighted by Crippen LogP contribution is 2.30. The summed E-state index contributed by atoms with van der Waals surface area (Å²) in [6.45, 7) is 5.29. The van der Waals surface area contributed by atoms with Gasteiger partial charge in [0.15, 0.2) is 5.17 Å². The summed E-state index contributed by atoms with van der Waals surface area (Å²) in [5, 5.41) is 2.99. The zero-order valence-corrected chi connectivity index (χ0v) is 20.3. The van der Waals surface area contributed by atoms with Gasteiger partial charge in [-0.25, -0.2) is 4.99 Å². The van der Waals surface area contributed by atoms with E-state index in [0.717, 1.165) is 18.5 Å². The molecule has 1 aliphatic heterocycles. The van der Waals surface area contributed by atoms with Crippen LogP contribution >= 0.6 is 11.8 Å². The second-order valence-corrected chi connectivity index (χ2v) is 9.12. The summed E-state index contributed by atoms with van der Waals surface area (Å²) < 4.78 is 5.51. The second kappa shape index (κ2) is 13.0. The van der Waals surface area contributed by atoms with Crippen molar-refractivity contribution in [3.05, 3.63) is 54.6 Å². The molecule has 1 fully saturated rings. The molecule has 2 amide bonds. The van der Waals surface area contributed by atoms with Gasteiger partial charge in [-0.05, 0) is 37.6 Å². The third-order valence-electron chi connectivity index (χ3n) is 5.31. The average molecular weight is 468 g/mol. The first-order valence-electron chi connectivity index (χ1n) is 11.7. The molecule has 1 unspecified atom stereocenters. The minimum absolute atomic E-state index is 0.0536. The van der Waals surface area contributed by atoms with E-state index in [1.54, 1.807) is 11.0 Å². The Kier molecular flexibility index (Phi) is 9.81. The number of hydrogen-bond donors (Lipinski definition) is 1. The maximum absolute atomic E-state index is 13.1. The smallest absolute Gasteiger partial charge is 0.238 e. The molecule has 2 aromatic rings. The van der Waals surface area contributed by atoms with Gasteiger partial charge < -0.3 is 10.1 Å². The van der Waals surface area contributed by atoms with E-state index in [4.69, 9.17) is 9.73 Å². The van der Waals surface area contributed by atoms with Crippen LogP contribution in [-0.4, -0.2) is 40.3 Å². The molecular formula is C26H33N3O3S. The van der Waals surface area contributed by atoms with Gasteiger partial charge in [-0.1, -0.05) is 68.6 Å². The van der Waals surface area contributed by atoms with Gasteiger partial charge in [-0.3, -0.25) is 14.5 Å². The Morgan fingerprint density at radius 1 is 1.09 bits per heavy atom. The van der Waals surface area contributed by atoms with E-state index >= 15 is 0 Å². The Morgan fingerprint density at radius 2 is 1.88 bits per heavy atom. The fraction of sp³-hybridized carbons (Fsp3) is 0.423. The minimum atomic E-state index is -0.535. The Morgan fingerprint density at radius 3 is 2.64 bits per heavy atom. The first-order chi connectivity index (χ1) is 16.1. The number of hydrogen-bond acceptors (Lipinski definition) is 5. The maximum atomic E-state index is 13.1.